The van der Waals surface area contributed by atoms with Crippen molar-refractivity contribution in [3.8, 4) is 5.75 Å². The van der Waals surface area contributed by atoms with E-state index >= 15 is 0 Å². The van der Waals surface area contributed by atoms with Gasteiger partial charge in [-0.2, -0.15) is 0 Å². The van der Waals surface area contributed by atoms with Crippen molar-refractivity contribution < 1.29 is 23.9 Å². The summed E-state index contributed by atoms with van der Waals surface area (Å²) in [4.78, 5) is 36.4. The lowest BCUT2D eigenvalue weighted by molar-refractivity contribution is -0.153. The molecule has 2 aromatic carbocycles. The van der Waals surface area contributed by atoms with Gasteiger partial charge < -0.3 is 20.1 Å². The number of amides is 2. The van der Waals surface area contributed by atoms with Gasteiger partial charge in [0.05, 0.1) is 19.1 Å². The highest BCUT2D eigenvalue weighted by molar-refractivity contribution is 5.97. The number of hydrogen-bond acceptors (Lipinski definition) is 5. The van der Waals surface area contributed by atoms with Gasteiger partial charge >= 0.3 is 5.97 Å². The maximum Gasteiger partial charge on any atom is 0.308 e. The summed E-state index contributed by atoms with van der Waals surface area (Å²) in [5.74, 6) is -0.495. The van der Waals surface area contributed by atoms with Crippen LogP contribution in [0.15, 0.2) is 48.5 Å². The fraction of sp³-hybridized carbons (Fsp3) is 0.348. The van der Waals surface area contributed by atoms with Gasteiger partial charge in [-0.3, -0.25) is 14.4 Å². The second kappa shape index (κ2) is 11.0. The fourth-order valence-corrected chi connectivity index (χ4v) is 2.71. The average Bonchev–Trinajstić information content (AvgIpc) is 2.73. The number of carbonyl (C=O) groups is 3. The molecule has 0 unspecified atom stereocenters. The zero-order chi connectivity index (χ0) is 22.1. The molecule has 2 aromatic rings. The molecule has 0 aromatic heterocycles. The highest BCUT2D eigenvalue weighted by Crippen LogP contribution is 2.18. The summed E-state index contributed by atoms with van der Waals surface area (Å²) in [6.07, 6.45) is -1.01. The zero-order valence-corrected chi connectivity index (χ0v) is 17.7. The Bertz CT molecular complexity index is 877. The van der Waals surface area contributed by atoms with Crippen molar-refractivity contribution in [2.45, 2.75) is 39.2 Å². The lowest BCUT2D eigenvalue weighted by Crippen LogP contribution is -2.32. The van der Waals surface area contributed by atoms with Crippen LogP contribution in [-0.4, -0.2) is 37.5 Å². The second-order valence-corrected chi connectivity index (χ2v) is 7.10. The van der Waals surface area contributed by atoms with Gasteiger partial charge in [-0.15, -0.1) is 0 Å². The minimum atomic E-state index is -0.952. The molecule has 0 heterocycles. The molecular formula is C23H28N2O5. The summed E-state index contributed by atoms with van der Waals surface area (Å²) in [6.45, 7) is 5.77. The number of para-hydroxylation sites is 1. The first-order valence-electron chi connectivity index (χ1n) is 9.83. The molecule has 0 bridgehead atoms. The van der Waals surface area contributed by atoms with Gasteiger partial charge in [0.25, 0.3) is 11.8 Å². The lowest BCUT2D eigenvalue weighted by Gasteiger charge is -2.14. The van der Waals surface area contributed by atoms with Crippen LogP contribution in [0.3, 0.4) is 0 Å². The van der Waals surface area contributed by atoms with E-state index in [1.54, 1.807) is 24.3 Å². The molecule has 7 nitrogen and oxygen atoms in total. The van der Waals surface area contributed by atoms with Crippen molar-refractivity contribution in [1.29, 1.82) is 0 Å². The summed E-state index contributed by atoms with van der Waals surface area (Å²) < 4.78 is 10.3. The summed E-state index contributed by atoms with van der Waals surface area (Å²) in [7, 11) is 1.48. The Hall–Kier alpha value is -3.35. The minimum absolute atomic E-state index is 0.0540. The quantitative estimate of drug-likeness (QED) is 0.615. The molecule has 0 saturated carbocycles. The molecule has 0 aliphatic heterocycles. The molecule has 2 N–H and O–H groups in total. The van der Waals surface area contributed by atoms with Crippen LogP contribution in [-0.2, 0) is 14.3 Å². The SMILES string of the molecule is COc1ccccc1C(=O)NCCC(=O)O[C@H](C)C(=O)Nc1ccc(C(C)C)cc1. The van der Waals surface area contributed by atoms with Crippen LogP contribution in [0.25, 0.3) is 0 Å². The van der Waals surface area contributed by atoms with E-state index in [4.69, 9.17) is 9.47 Å². The largest absolute Gasteiger partial charge is 0.496 e. The van der Waals surface area contributed by atoms with Crippen molar-refractivity contribution in [2.75, 3.05) is 19.0 Å². The number of esters is 1. The third kappa shape index (κ3) is 6.62. The number of carbonyl (C=O) groups excluding carboxylic acids is 3. The highest BCUT2D eigenvalue weighted by atomic mass is 16.5. The number of rotatable bonds is 9. The summed E-state index contributed by atoms with van der Waals surface area (Å²) in [5, 5.41) is 5.36. The molecular weight excluding hydrogens is 384 g/mol. The van der Waals surface area contributed by atoms with Crippen LogP contribution in [0.5, 0.6) is 5.75 Å². The monoisotopic (exact) mass is 412 g/mol. The van der Waals surface area contributed by atoms with E-state index in [2.05, 4.69) is 24.5 Å². The summed E-state index contributed by atoms with van der Waals surface area (Å²) >= 11 is 0. The number of nitrogens with one attached hydrogen (secondary N) is 2. The Morgan fingerprint density at radius 3 is 2.27 bits per heavy atom. The maximum absolute atomic E-state index is 12.2. The predicted molar refractivity (Wildman–Crippen MR) is 115 cm³/mol. The topological polar surface area (TPSA) is 93.7 Å². The van der Waals surface area contributed by atoms with Gasteiger partial charge in [0.15, 0.2) is 6.10 Å². The van der Waals surface area contributed by atoms with Crippen LogP contribution in [0.2, 0.25) is 0 Å². The molecule has 0 radical (unpaired) electrons. The van der Waals surface area contributed by atoms with Crippen LogP contribution in [0.1, 0.15) is 49.0 Å². The maximum atomic E-state index is 12.2. The molecule has 7 heteroatoms. The standard InChI is InChI=1S/C23H28N2O5/c1-15(2)17-9-11-18(12-10-17)25-22(27)16(3)30-21(26)13-14-24-23(28)19-7-5-6-8-20(19)29-4/h5-12,15-16H,13-14H2,1-4H3,(H,24,28)(H,25,27)/t16-/m1/s1. The molecule has 0 saturated heterocycles. The highest BCUT2D eigenvalue weighted by Gasteiger charge is 2.18. The fourth-order valence-electron chi connectivity index (χ4n) is 2.71. The van der Waals surface area contributed by atoms with Gasteiger partial charge in [0, 0.05) is 12.2 Å². The van der Waals surface area contributed by atoms with E-state index in [9.17, 15) is 14.4 Å². The van der Waals surface area contributed by atoms with Gasteiger partial charge in [0.1, 0.15) is 5.75 Å². The Morgan fingerprint density at radius 1 is 0.967 bits per heavy atom. The van der Waals surface area contributed by atoms with Crippen molar-refractivity contribution in [2.24, 2.45) is 0 Å². The summed E-state index contributed by atoms with van der Waals surface area (Å²) in [5.41, 5.74) is 2.18. The molecule has 160 valence electrons. The van der Waals surface area contributed by atoms with Crippen LogP contribution < -0.4 is 15.4 Å². The molecule has 0 aliphatic rings. The van der Waals surface area contributed by atoms with E-state index < -0.39 is 18.0 Å². The van der Waals surface area contributed by atoms with E-state index in [1.807, 2.05) is 24.3 Å². The Balaban J connectivity index is 1.77. The molecule has 30 heavy (non-hydrogen) atoms. The second-order valence-electron chi connectivity index (χ2n) is 7.10. The van der Waals surface area contributed by atoms with Gasteiger partial charge in [0.2, 0.25) is 0 Å². The number of methoxy groups -OCH3 is 1. The van der Waals surface area contributed by atoms with Crippen molar-refractivity contribution in [1.82, 2.24) is 5.32 Å². The van der Waals surface area contributed by atoms with Crippen molar-refractivity contribution >= 4 is 23.5 Å². The smallest absolute Gasteiger partial charge is 0.308 e. The van der Waals surface area contributed by atoms with Gasteiger partial charge in [-0.1, -0.05) is 38.1 Å². The van der Waals surface area contributed by atoms with Gasteiger partial charge in [-0.05, 0) is 42.7 Å². The minimum Gasteiger partial charge on any atom is -0.496 e. The van der Waals surface area contributed by atoms with Gasteiger partial charge in [-0.25, -0.2) is 0 Å². The Morgan fingerprint density at radius 2 is 1.63 bits per heavy atom. The van der Waals surface area contributed by atoms with Crippen LogP contribution in [0.4, 0.5) is 5.69 Å². The number of anilines is 1. The van der Waals surface area contributed by atoms with E-state index in [0.29, 0.717) is 22.9 Å². The van der Waals surface area contributed by atoms with Crippen LogP contribution >= 0.6 is 0 Å². The third-order valence-electron chi connectivity index (χ3n) is 4.49. The first-order valence-corrected chi connectivity index (χ1v) is 9.83. The number of ether oxygens (including phenoxy) is 2. The molecule has 2 rings (SSSR count). The lowest BCUT2D eigenvalue weighted by atomic mass is 10.0. The first-order chi connectivity index (χ1) is 14.3. The van der Waals surface area contributed by atoms with E-state index in [1.165, 1.54) is 19.6 Å². The zero-order valence-electron chi connectivity index (χ0n) is 17.7. The average molecular weight is 412 g/mol. The number of benzene rings is 2. The Labute approximate surface area is 176 Å². The molecule has 2 amide bonds. The van der Waals surface area contributed by atoms with E-state index in [0.717, 1.165) is 0 Å². The van der Waals surface area contributed by atoms with Crippen molar-refractivity contribution in [3.63, 3.8) is 0 Å². The molecule has 0 aliphatic carbocycles. The first kappa shape index (κ1) is 22.9. The van der Waals surface area contributed by atoms with Crippen LogP contribution in [0, 0.1) is 0 Å². The summed E-state index contributed by atoms with van der Waals surface area (Å²) in [6, 6.07) is 14.3. The molecule has 0 fully saturated rings. The molecule has 1 atom stereocenters. The van der Waals surface area contributed by atoms with E-state index in [-0.39, 0.29) is 18.9 Å². The predicted octanol–water partition coefficient (Wildman–Crippen LogP) is 3.51. The Kier molecular flexibility index (Phi) is 8.41. The molecule has 0 spiro atoms. The number of hydrogen-bond donors (Lipinski definition) is 2. The van der Waals surface area contributed by atoms with Crippen molar-refractivity contribution in [3.05, 3.63) is 59.7 Å². The third-order valence-corrected chi connectivity index (χ3v) is 4.49. The normalized spacial score (nSPS) is 11.5.